The number of hydrogen-bond acceptors (Lipinski definition) is 3. The molecule has 1 fully saturated rings. The Bertz CT molecular complexity index is 280. The van der Waals surface area contributed by atoms with Gasteiger partial charge in [-0.25, -0.2) is 0 Å². The highest BCUT2D eigenvalue weighted by Crippen LogP contribution is 2.40. The van der Waals surface area contributed by atoms with Gasteiger partial charge in [-0.05, 0) is 6.92 Å². The Hall–Kier alpha value is -0.820. The van der Waals surface area contributed by atoms with E-state index in [4.69, 9.17) is 5.73 Å². The minimum Gasteiger partial charge on any atom is -0.367 e. The van der Waals surface area contributed by atoms with Crippen LogP contribution in [0.25, 0.3) is 0 Å². The van der Waals surface area contributed by atoms with Crippen LogP contribution in [0, 0.1) is 0 Å². The van der Waals surface area contributed by atoms with E-state index in [-0.39, 0.29) is 13.0 Å². The Kier molecular flexibility index (Phi) is 3.49. The molecule has 1 rings (SSSR count). The van der Waals surface area contributed by atoms with Crippen molar-refractivity contribution in [1.29, 1.82) is 0 Å². The standard InChI is InChI=1S/C9H15F3N2O2/c1-6(13)7(15)14-4-3-8(5-14,16-2)9(10,11)12/h6H,3-5,13H2,1-2H3. The lowest BCUT2D eigenvalue weighted by atomic mass is 10.0. The molecule has 0 bridgehead atoms. The van der Waals surface area contributed by atoms with Crippen molar-refractivity contribution in [2.75, 3.05) is 20.2 Å². The van der Waals surface area contributed by atoms with Crippen LogP contribution in [0.15, 0.2) is 0 Å². The molecule has 0 saturated carbocycles. The molecule has 4 nitrogen and oxygen atoms in total. The van der Waals surface area contributed by atoms with Gasteiger partial charge in [0.05, 0.1) is 12.6 Å². The third-order valence-electron chi connectivity index (χ3n) is 2.84. The number of nitrogens with zero attached hydrogens (tertiary/aromatic N) is 1. The Morgan fingerprint density at radius 1 is 1.56 bits per heavy atom. The number of amides is 1. The maximum atomic E-state index is 12.8. The van der Waals surface area contributed by atoms with Crippen LogP contribution in [-0.4, -0.2) is 48.8 Å². The molecule has 1 saturated heterocycles. The van der Waals surface area contributed by atoms with Crippen molar-refractivity contribution in [2.24, 2.45) is 5.73 Å². The molecule has 2 unspecified atom stereocenters. The van der Waals surface area contributed by atoms with E-state index in [1.165, 1.54) is 6.92 Å². The second kappa shape index (κ2) is 4.21. The number of rotatable bonds is 2. The molecule has 1 heterocycles. The lowest BCUT2D eigenvalue weighted by Gasteiger charge is -2.30. The lowest BCUT2D eigenvalue weighted by molar-refractivity contribution is -0.263. The van der Waals surface area contributed by atoms with Gasteiger partial charge < -0.3 is 15.4 Å². The number of methoxy groups -OCH3 is 1. The largest absolute Gasteiger partial charge is 0.419 e. The molecule has 16 heavy (non-hydrogen) atoms. The minimum absolute atomic E-state index is 0.0216. The summed E-state index contributed by atoms with van der Waals surface area (Å²) in [5, 5.41) is 0. The van der Waals surface area contributed by atoms with Gasteiger partial charge in [-0.15, -0.1) is 0 Å². The molecule has 1 aliphatic heterocycles. The molecule has 0 radical (unpaired) electrons. The van der Waals surface area contributed by atoms with E-state index in [1.807, 2.05) is 0 Å². The summed E-state index contributed by atoms with van der Waals surface area (Å²) in [6, 6.07) is -0.791. The quantitative estimate of drug-likeness (QED) is 0.765. The first-order valence-corrected chi connectivity index (χ1v) is 4.90. The smallest absolute Gasteiger partial charge is 0.367 e. The molecule has 94 valence electrons. The van der Waals surface area contributed by atoms with Crippen LogP contribution in [0.1, 0.15) is 13.3 Å². The summed E-state index contributed by atoms with van der Waals surface area (Å²) in [7, 11) is 1.01. The fourth-order valence-corrected chi connectivity index (χ4v) is 1.77. The first kappa shape index (κ1) is 13.2. The van der Waals surface area contributed by atoms with Crippen molar-refractivity contribution in [3.63, 3.8) is 0 Å². The minimum atomic E-state index is -4.48. The van der Waals surface area contributed by atoms with Crippen LogP contribution in [0.2, 0.25) is 0 Å². The van der Waals surface area contributed by atoms with Crippen molar-refractivity contribution in [2.45, 2.75) is 31.2 Å². The van der Waals surface area contributed by atoms with E-state index in [2.05, 4.69) is 4.74 Å². The predicted octanol–water partition coefficient (Wildman–Crippen LogP) is 0.513. The summed E-state index contributed by atoms with van der Waals surface area (Å²) in [5.74, 6) is -0.483. The molecular formula is C9H15F3N2O2. The molecule has 0 spiro atoms. The fraction of sp³-hybridized carbons (Fsp3) is 0.889. The molecule has 0 aliphatic carbocycles. The first-order chi connectivity index (χ1) is 7.23. The first-order valence-electron chi connectivity index (χ1n) is 4.90. The third kappa shape index (κ3) is 2.15. The highest BCUT2D eigenvalue weighted by molar-refractivity contribution is 5.81. The van der Waals surface area contributed by atoms with Crippen molar-refractivity contribution >= 4 is 5.91 Å². The molecule has 1 amide bonds. The number of halogens is 3. The molecule has 0 aromatic carbocycles. The molecular weight excluding hydrogens is 225 g/mol. The van der Waals surface area contributed by atoms with Crippen molar-refractivity contribution in [3.05, 3.63) is 0 Å². The molecule has 2 atom stereocenters. The zero-order valence-electron chi connectivity index (χ0n) is 9.17. The van der Waals surface area contributed by atoms with Gasteiger partial charge in [0.25, 0.3) is 0 Å². The monoisotopic (exact) mass is 240 g/mol. The van der Waals surface area contributed by atoms with Gasteiger partial charge >= 0.3 is 6.18 Å². The number of carbonyl (C=O) groups is 1. The van der Waals surface area contributed by atoms with E-state index in [9.17, 15) is 18.0 Å². The number of nitrogens with two attached hydrogens (primary N) is 1. The Labute approximate surface area is 91.5 Å². The Morgan fingerprint density at radius 2 is 2.12 bits per heavy atom. The third-order valence-corrected chi connectivity index (χ3v) is 2.84. The van der Waals surface area contributed by atoms with Gasteiger partial charge in [0.1, 0.15) is 0 Å². The molecule has 2 N–H and O–H groups in total. The highest BCUT2D eigenvalue weighted by atomic mass is 19.4. The number of hydrogen-bond donors (Lipinski definition) is 1. The maximum absolute atomic E-state index is 12.8. The van der Waals surface area contributed by atoms with Gasteiger partial charge in [-0.3, -0.25) is 4.79 Å². The normalized spacial score (nSPS) is 28.2. The summed E-state index contributed by atoms with van der Waals surface area (Å²) in [6.07, 6.45) is -4.72. The molecule has 0 aromatic rings. The SMILES string of the molecule is COC1(C(F)(F)F)CCN(C(=O)C(C)N)C1. The van der Waals surface area contributed by atoms with E-state index >= 15 is 0 Å². The zero-order valence-corrected chi connectivity index (χ0v) is 9.17. The van der Waals surface area contributed by atoms with E-state index in [0.29, 0.717) is 0 Å². The zero-order chi connectivity index (χ0) is 12.6. The summed E-state index contributed by atoms with van der Waals surface area (Å²) in [5.41, 5.74) is 3.10. The van der Waals surface area contributed by atoms with Gasteiger partial charge in [-0.2, -0.15) is 13.2 Å². The highest BCUT2D eigenvalue weighted by Gasteiger charge is 2.59. The van der Waals surface area contributed by atoms with Gasteiger partial charge in [-0.1, -0.05) is 0 Å². The van der Waals surface area contributed by atoms with E-state index < -0.39 is 30.3 Å². The van der Waals surface area contributed by atoms with Crippen LogP contribution in [-0.2, 0) is 9.53 Å². The van der Waals surface area contributed by atoms with Gasteiger partial charge in [0.2, 0.25) is 5.91 Å². The summed E-state index contributed by atoms with van der Waals surface area (Å²) in [6.45, 7) is 0.990. The summed E-state index contributed by atoms with van der Waals surface area (Å²) >= 11 is 0. The van der Waals surface area contributed by atoms with Gasteiger partial charge in [0, 0.05) is 20.1 Å². The van der Waals surface area contributed by atoms with Crippen LogP contribution in [0.3, 0.4) is 0 Å². The second-order valence-corrected chi connectivity index (χ2v) is 3.99. The number of alkyl halides is 3. The Morgan fingerprint density at radius 3 is 2.44 bits per heavy atom. The van der Waals surface area contributed by atoms with Crippen molar-refractivity contribution < 1.29 is 22.7 Å². The van der Waals surface area contributed by atoms with Crippen molar-refractivity contribution in [3.8, 4) is 0 Å². The van der Waals surface area contributed by atoms with Crippen LogP contribution < -0.4 is 5.73 Å². The molecule has 1 aliphatic rings. The average Bonchev–Trinajstić information content (AvgIpc) is 2.60. The maximum Gasteiger partial charge on any atom is 0.419 e. The molecule has 7 heteroatoms. The lowest BCUT2D eigenvalue weighted by Crippen LogP contribution is -2.51. The van der Waals surface area contributed by atoms with E-state index in [0.717, 1.165) is 12.0 Å². The van der Waals surface area contributed by atoms with Crippen LogP contribution >= 0.6 is 0 Å². The number of ether oxygens (including phenoxy) is 1. The Balaban J connectivity index is 2.80. The second-order valence-electron chi connectivity index (χ2n) is 3.99. The number of likely N-dealkylation sites (tertiary alicyclic amines) is 1. The van der Waals surface area contributed by atoms with Crippen LogP contribution in [0.4, 0.5) is 13.2 Å². The van der Waals surface area contributed by atoms with Gasteiger partial charge in [0.15, 0.2) is 5.60 Å². The van der Waals surface area contributed by atoms with Crippen molar-refractivity contribution in [1.82, 2.24) is 4.90 Å². The summed E-state index contributed by atoms with van der Waals surface area (Å²) < 4.78 is 42.8. The average molecular weight is 240 g/mol. The predicted molar refractivity (Wildman–Crippen MR) is 50.6 cm³/mol. The molecule has 0 aromatic heterocycles. The number of carbonyl (C=O) groups excluding carboxylic acids is 1. The van der Waals surface area contributed by atoms with Crippen LogP contribution in [0.5, 0.6) is 0 Å². The fourth-order valence-electron chi connectivity index (χ4n) is 1.77. The van der Waals surface area contributed by atoms with E-state index in [1.54, 1.807) is 0 Å². The topological polar surface area (TPSA) is 55.6 Å². The summed E-state index contributed by atoms with van der Waals surface area (Å²) in [4.78, 5) is 12.6.